The zero-order valence-corrected chi connectivity index (χ0v) is 7.05. The third kappa shape index (κ3) is 9.74. The lowest BCUT2D eigenvalue weighted by Crippen LogP contribution is -1.31. The second-order valence-electron chi connectivity index (χ2n) is 0.101. The van der Waals surface area contributed by atoms with Gasteiger partial charge in [-0.25, -0.2) is 28.1 Å². The van der Waals surface area contributed by atoms with Crippen molar-refractivity contribution in [2.75, 3.05) is 0 Å². The molecule has 0 aliphatic rings. The first kappa shape index (κ1) is 9.09. The van der Waals surface area contributed by atoms with Crippen molar-refractivity contribution >= 4 is 39.7 Å². The molecule has 0 amide bonds. The first-order valence-corrected chi connectivity index (χ1v) is 8.33. The van der Waals surface area contributed by atoms with E-state index in [1.807, 2.05) is 0 Å². The van der Waals surface area contributed by atoms with Crippen LogP contribution in [0.3, 0.4) is 0 Å². The van der Waals surface area contributed by atoms with Gasteiger partial charge in [-0.3, -0.25) is 0 Å². The van der Waals surface area contributed by atoms with Gasteiger partial charge in [-0.2, -0.15) is 0 Å². The highest BCUT2D eigenvalue weighted by Crippen LogP contribution is 1.77. The number of hydrogen-bond donors (Lipinski definition) is 0. The molecule has 4 heavy (non-hydrogen) atoms. The molecule has 1 radical (unpaired) electrons. The molecule has 0 aromatic carbocycles. The van der Waals surface area contributed by atoms with Gasteiger partial charge in [0, 0.05) is 0 Å². The maximum absolute atomic E-state index is 3.20. The van der Waals surface area contributed by atoms with Crippen molar-refractivity contribution in [3.8, 4) is 0 Å². The SMILES string of the molecule is [Br][AlH][Br].[CH3]. The van der Waals surface area contributed by atoms with Crippen LogP contribution in [0.4, 0.5) is 0 Å². The second-order valence-corrected chi connectivity index (χ2v) is 8.18. The first-order chi connectivity index (χ1) is 1.41. The van der Waals surface area contributed by atoms with E-state index < -0.39 is 0 Å². The van der Waals surface area contributed by atoms with Crippen molar-refractivity contribution in [2.24, 2.45) is 0 Å². The van der Waals surface area contributed by atoms with Crippen LogP contribution in [-0.4, -0.2) is 11.6 Å². The number of rotatable bonds is 0. The van der Waals surface area contributed by atoms with E-state index in [4.69, 9.17) is 0 Å². The Kier molecular flexibility index (Phi) is 20.0. The van der Waals surface area contributed by atoms with Crippen molar-refractivity contribution in [1.29, 1.82) is 0 Å². The van der Waals surface area contributed by atoms with Crippen molar-refractivity contribution < 1.29 is 0 Å². The summed E-state index contributed by atoms with van der Waals surface area (Å²) in [5.41, 5.74) is 0. The molecule has 0 unspecified atom stereocenters. The van der Waals surface area contributed by atoms with E-state index in [0.29, 0.717) is 0 Å². The van der Waals surface area contributed by atoms with Crippen LogP contribution in [0.2, 0.25) is 0 Å². The minimum atomic E-state index is 0. The van der Waals surface area contributed by atoms with Gasteiger partial charge in [-0.05, 0) is 0 Å². The van der Waals surface area contributed by atoms with Crippen molar-refractivity contribution in [3.05, 3.63) is 7.43 Å². The standard InChI is InChI=1S/CH3.Al.2BrH.H/h1H3;;2*1H;/q;+2;;;/p-2. The van der Waals surface area contributed by atoms with Crippen LogP contribution >= 0.6 is 28.1 Å². The molecule has 0 saturated heterocycles. The van der Waals surface area contributed by atoms with Crippen LogP contribution in [0.1, 0.15) is 0 Å². The molecule has 0 atom stereocenters. The Balaban J connectivity index is 0. The van der Waals surface area contributed by atoms with Gasteiger partial charge in [-0.15, -0.1) is 0 Å². The molecule has 0 aliphatic heterocycles. The van der Waals surface area contributed by atoms with Crippen LogP contribution in [0.15, 0.2) is 0 Å². The fourth-order valence-electron chi connectivity index (χ4n) is 0. The molecule has 0 aromatic rings. The van der Waals surface area contributed by atoms with E-state index in [0.717, 1.165) is 0 Å². The van der Waals surface area contributed by atoms with Crippen LogP contribution in [0.25, 0.3) is 0 Å². The molecule has 3 heteroatoms. The summed E-state index contributed by atoms with van der Waals surface area (Å²) >= 11 is 6.44. The topological polar surface area (TPSA) is 0 Å². The van der Waals surface area contributed by atoms with E-state index in [1.54, 1.807) is 0 Å². The Hall–Kier alpha value is 1.49. The Morgan fingerprint density at radius 2 is 1.25 bits per heavy atom. The maximum atomic E-state index is 3.20. The van der Waals surface area contributed by atoms with Crippen LogP contribution in [0, 0.1) is 7.43 Å². The minimum Gasteiger partial charge on any atom is -0.203 e. The molecule has 0 fully saturated rings. The Morgan fingerprint density at radius 1 is 1.25 bits per heavy atom. The van der Waals surface area contributed by atoms with Gasteiger partial charge in [0.05, 0.1) is 0 Å². The fourth-order valence-corrected chi connectivity index (χ4v) is 0. The molecule has 0 aromatic heterocycles. The van der Waals surface area contributed by atoms with Gasteiger partial charge >= 0.3 is 11.6 Å². The lowest BCUT2D eigenvalue weighted by Gasteiger charge is -1.33. The highest BCUT2D eigenvalue weighted by atomic mass is 79.9. The average molecular weight is 203 g/mol. The van der Waals surface area contributed by atoms with Crippen molar-refractivity contribution in [1.82, 2.24) is 0 Å². The Bertz CT molecular complexity index is 6.00. The second kappa shape index (κ2) is 8.82. The molecule has 25 valence electrons. The summed E-state index contributed by atoms with van der Waals surface area (Å²) in [6.45, 7) is 0. The molecule has 0 N–H and O–H groups in total. The summed E-state index contributed by atoms with van der Waals surface area (Å²) in [5.74, 6) is 0. The van der Waals surface area contributed by atoms with Crippen molar-refractivity contribution in [3.63, 3.8) is 0 Å². The molecule has 0 spiro atoms. The van der Waals surface area contributed by atoms with Crippen molar-refractivity contribution in [2.45, 2.75) is 0 Å². The molecule has 0 rings (SSSR count). The van der Waals surface area contributed by atoms with Gasteiger partial charge in [0.15, 0.2) is 0 Å². The van der Waals surface area contributed by atoms with E-state index in [1.165, 1.54) is 0 Å². The first-order valence-electron chi connectivity index (χ1n) is 0.535. The van der Waals surface area contributed by atoms with E-state index in [2.05, 4.69) is 28.1 Å². The average Bonchev–Trinajstić information content (AvgIpc) is 0.918. The zero-order chi connectivity index (χ0) is 2.71. The van der Waals surface area contributed by atoms with E-state index in [9.17, 15) is 0 Å². The maximum Gasteiger partial charge on any atom is 0.435 e. The van der Waals surface area contributed by atoms with Gasteiger partial charge in [0.2, 0.25) is 0 Å². The van der Waals surface area contributed by atoms with Crippen LogP contribution in [0.5, 0.6) is 0 Å². The quantitative estimate of drug-likeness (QED) is 0.523. The summed E-state index contributed by atoms with van der Waals surface area (Å²) in [6, 6.07) is 0. The third-order valence-corrected chi connectivity index (χ3v) is 0. The number of hydrogen-bond acceptors (Lipinski definition) is 0. The molecule has 0 heterocycles. The lowest BCUT2D eigenvalue weighted by molar-refractivity contribution is 3.24. The Labute approximate surface area is 47.0 Å². The van der Waals surface area contributed by atoms with Gasteiger partial charge in [0.25, 0.3) is 0 Å². The molecule has 0 bridgehead atoms. The summed E-state index contributed by atoms with van der Waals surface area (Å²) in [7, 11) is 0. The highest BCUT2D eigenvalue weighted by Gasteiger charge is 1.57. The smallest absolute Gasteiger partial charge is 0.203 e. The fraction of sp³-hybridized carbons (Fsp3) is 0. The summed E-state index contributed by atoms with van der Waals surface area (Å²) in [6.07, 6.45) is 0. The van der Waals surface area contributed by atoms with E-state index >= 15 is 0 Å². The molecular formula is CH4AlBr2. The highest BCUT2D eigenvalue weighted by molar-refractivity contribution is 9.47. The van der Waals surface area contributed by atoms with Crippen LogP contribution < -0.4 is 0 Å². The predicted molar refractivity (Wildman–Crippen MR) is 31.4 cm³/mol. The zero-order valence-electron chi connectivity index (χ0n) is 2.46. The van der Waals surface area contributed by atoms with Crippen LogP contribution in [-0.2, 0) is 0 Å². The molecule has 0 aliphatic carbocycles. The van der Waals surface area contributed by atoms with E-state index in [-0.39, 0.29) is 19.0 Å². The molecular weight excluding hydrogens is 199 g/mol. The van der Waals surface area contributed by atoms with Gasteiger partial charge in [0.1, 0.15) is 0 Å². The summed E-state index contributed by atoms with van der Waals surface area (Å²) in [4.78, 5) is 0. The third-order valence-electron chi connectivity index (χ3n) is 0. The van der Waals surface area contributed by atoms with Gasteiger partial charge < -0.3 is 0 Å². The summed E-state index contributed by atoms with van der Waals surface area (Å²) in [5, 5.41) is 0. The molecule has 0 nitrogen and oxygen atoms in total. The Morgan fingerprint density at radius 3 is 1.25 bits per heavy atom. The summed E-state index contributed by atoms with van der Waals surface area (Å²) < 4.78 is 0. The number of halogens is 2. The lowest BCUT2D eigenvalue weighted by atomic mass is 12.0. The predicted octanol–water partition coefficient (Wildman–Crippen LogP) is 1.49. The largest absolute Gasteiger partial charge is 0.435 e. The molecule has 0 saturated carbocycles. The van der Waals surface area contributed by atoms with Gasteiger partial charge in [-0.1, -0.05) is 7.43 Å². The minimum absolute atomic E-state index is 0. The monoisotopic (exact) mass is 201 g/mol. The normalized spacial score (nSPS) is 3.50.